The predicted octanol–water partition coefficient (Wildman–Crippen LogP) is 3.93. The summed E-state index contributed by atoms with van der Waals surface area (Å²) in [5, 5.41) is 4.51. The van der Waals surface area contributed by atoms with E-state index >= 15 is 0 Å². The minimum absolute atomic E-state index is 0. The highest BCUT2D eigenvalue weighted by Gasteiger charge is 2.37. The van der Waals surface area contributed by atoms with E-state index in [1.807, 2.05) is 0 Å². The van der Waals surface area contributed by atoms with E-state index in [-0.39, 0.29) is 18.3 Å². The molecule has 2 saturated heterocycles. The van der Waals surface area contributed by atoms with Crippen molar-refractivity contribution in [1.82, 2.24) is 10.2 Å². The molecular weight excluding hydrogens is 371 g/mol. The molecule has 0 aliphatic carbocycles. The lowest BCUT2D eigenvalue weighted by Crippen LogP contribution is -2.42. The Morgan fingerprint density at radius 1 is 1.25 bits per heavy atom. The van der Waals surface area contributed by atoms with Gasteiger partial charge in [0.15, 0.2) is 0 Å². The van der Waals surface area contributed by atoms with Gasteiger partial charge in [0.25, 0.3) is 0 Å². The van der Waals surface area contributed by atoms with E-state index in [0.717, 1.165) is 32.4 Å². The number of hydrogen-bond acceptors (Lipinski definition) is 3. The Kier molecular flexibility index (Phi) is 7.48. The third-order valence-electron chi connectivity index (χ3n) is 4.63. The molecule has 2 aliphatic rings. The number of benzene rings is 1. The zero-order valence-electron chi connectivity index (χ0n) is 13.5. The summed E-state index contributed by atoms with van der Waals surface area (Å²) >= 11 is 11.9. The normalized spacial score (nSPS) is 22.7. The molecule has 4 nitrogen and oxygen atoms in total. The Bertz CT molecular complexity index is 557. The van der Waals surface area contributed by atoms with Crippen LogP contribution >= 0.6 is 35.6 Å². The summed E-state index contributed by atoms with van der Waals surface area (Å²) in [6.45, 7) is 2.43. The molecule has 3 rings (SSSR count). The number of nitrogens with one attached hydrogen (secondary N) is 1. The molecule has 1 N–H and O–H groups in total. The lowest BCUT2D eigenvalue weighted by atomic mass is 10.1. The van der Waals surface area contributed by atoms with Gasteiger partial charge in [0.1, 0.15) is 5.75 Å². The van der Waals surface area contributed by atoms with Gasteiger partial charge in [0.2, 0.25) is 5.91 Å². The first kappa shape index (κ1) is 19.6. The average molecular weight is 394 g/mol. The van der Waals surface area contributed by atoms with E-state index in [1.54, 1.807) is 18.2 Å². The van der Waals surface area contributed by atoms with Gasteiger partial charge in [-0.1, -0.05) is 23.2 Å². The maximum absolute atomic E-state index is 12.5. The van der Waals surface area contributed by atoms with Crippen molar-refractivity contribution in [3.63, 3.8) is 0 Å². The third kappa shape index (κ3) is 4.69. The van der Waals surface area contributed by atoms with Crippen LogP contribution in [0.25, 0.3) is 0 Å². The Hall–Kier alpha value is -0.680. The van der Waals surface area contributed by atoms with Gasteiger partial charge in [0, 0.05) is 30.1 Å². The molecule has 2 unspecified atom stereocenters. The lowest BCUT2D eigenvalue weighted by molar-refractivity contribution is -0.134. The summed E-state index contributed by atoms with van der Waals surface area (Å²) in [6, 6.07) is 5.96. The van der Waals surface area contributed by atoms with Crippen LogP contribution in [0, 0.1) is 0 Å². The van der Waals surface area contributed by atoms with Gasteiger partial charge in [-0.3, -0.25) is 4.79 Å². The number of carbonyl (C=O) groups excluding carboxylic acids is 1. The maximum atomic E-state index is 12.5. The summed E-state index contributed by atoms with van der Waals surface area (Å²) in [4.78, 5) is 14.7. The number of amides is 1. The second-order valence-corrected chi connectivity index (χ2v) is 7.05. The Labute approximate surface area is 159 Å². The summed E-state index contributed by atoms with van der Waals surface area (Å²) < 4.78 is 5.65. The summed E-state index contributed by atoms with van der Waals surface area (Å²) in [7, 11) is 0. The molecule has 2 aliphatic heterocycles. The van der Waals surface area contributed by atoms with Crippen LogP contribution in [-0.2, 0) is 4.79 Å². The van der Waals surface area contributed by atoms with Crippen LogP contribution < -0.4 is 10.1 Å². The number of ether oxygens (including phenoxy) is 1. The summed E-state index contributed by atoms with van der Waals surface area (Å²) in [6.07, 6.45) is 4.56. The van der Waals surface area contributed by atoms with E-state index < -0.39 is 0 Å². The minimum atomic E-state index is 0. The zero-order chi connectivity index (χ0) is 16.2. The number of halogens is 3. The quantitative estimate of drug-likeness (QED) is 0.771. The van der Waals surface area contributed by atoms with Gasteiger partial charge in [0.05, 0.1) is 11.6 Å². The molecule has 2 heterocycles. The van der Waals surface area contributed by atoms with Crippen molar-refractivity contribution in [2.24, 2.45) is 0 Å². The van der Waals surface area contributed by atoms with Crippen LogP contribution in [0.15, 0.2) is 18.2 Å². The molecule has 1 amide bonds. The fraction of sp³-hybridized carbons (Fsp3) is 0.588. The number of nitrogens with zero attached hydrogens (tertiary/aromatic N) is 1. The van der Waals surface area contributed by atoms with E-state index in [0.29, 0.717) is 47.3 Å². The lowest BCUT2D eigenvalue weighted by Gasteiger charge is -2.28. The maximum Gasteiger partial charge on any atom is 0.223 e. The first-order valence-electron chi connectivity index (χ1n) is 8.25. The van der Waals surface area contributed by atoms with Crippen molar-refractivity contribution < 1.29 is 9.53 Å². The first-order chi connectivity index (χ1) is 11.1. The predicted molar refractivity (Wildman–Crippen MR) is 99.6 cm³/mol. The van der Waals surface area contributed by atoms with Crippen LogP contribution in [0.3, 0.4) is 0 Å². The number of hydrogen-bond donors (Lipinski definition) is 1. The topological polar surface area (TPSA) is 41.6 Å². The van der Waals surface area contributed by atoms with Crippen molar-refractivity contribution in [3.8, 4) is 5.75 Å². The van der Waals surface area contributed by atoms with E-state index in [1.165, 1.54) is 0 Å². The second kappa shape index (κ2) is 9.14. The fourth-order valence-corrected chi connectivity index (χ4v) is 3.98. The van der Waals surface area contributed by atoms with Crippen molar-refractivity contribution in [3.05, 3.63) is 28.2 Å². The molecule has 1 aromatic carbocycles. The van der Waals surface area contributed by atoms with Crippen LogP contribution in [0.2, 0.25) is 10.0 Å². The van der Waals surface area contributed by atoms with Crippen molar-refractivity contribution in [2.45, 2.75) is 44.2 Å². The van der Waals surface area contributed by atoms with E-state index in [9.17, 15) is 4.79 Å². The van der Waals surface area contributed by atoms with Crippen molar-refractivity contribution in [2.75, 3.05) is 19.7 Å². The van der Waals surface area contributed by atoms with E-state index in [4.69, 9.17) is 27.9 Å². The molecule has 2 atom stereocenters. The largest absolute Gasteiger partial charge is 0.492 e. The fourth-order valence-electron chi connectivity index (χ4n) is 3.52. The van der Waals surface area contributed by atoms with Crippen LogP contribution in [0.5, 0.6) is 5.75 Å². The minimum Gasteiger partial charge on any atom is -0.492 e. The van der Waals surface area contributed by atoms with Gasteiger partial charge in [-0.2, -0.15) is 0 Å². The highest BCUT2D eigenvalue weighted by atomic mass is 35.5. The van der Waals surface area contributed by atoms with Crippen LogP contribution in [0.4, 0.5) is 0 Å². The second-order valence-electron chi connectivity index (χ2n) is 6.21. The van der Waals surface area contributed by atoms with Gasteiger partial charge >= 0.3 is 0 Å². The Balaban J connectivity index is 0.00000208. The molecule has 0 spiro atoms. The van der Waals surface area contributed by atoms with Crippen molar-refractivity contribution >= 4 is 41.5 Å². The average Bonchev–Trinajstić information content (AvgIpc) is 2.78. The smallest absolute Gasteiger partial charge is 0.223 e. The van der Waals surface area contributed by atoms with Gasteiger partial charge in [-0.15, -0.1) is 12.4 Å². The zero-order valence-corrected chi connectivity index (χ0v) is 15.8. The monoisotopic (exact) mass is 392 g/mol. The molecular formula is C17H23Cl3N2O2. The molecule has 2 fully saturated rings. The number of carbonyl (C=O) groups is 1. The molecule has 1 aromatic rings. The number of rotatable bonds is 5. The SMILES string of the molecule is Cl.O=C(CCCOc1ccc(Cl)cc1Cl)N1C2CCNCC1CC2. The van der Waals surface area contributed by atoms with E-state index in [2.05, 4.69) is 10.2 Å². The van der Waals surface area contributed by atoms with Gasteiger partial charge < -0.3 is 15.0 Å². The molecule has 7 heteroatoms. The third-order valence-corrected chi connectivity index (χ3v) is 5.16. The Morgan fingerprint density at radius 3 is 2.83 bits per heavy atom. The van der Waals surface area contributed by atoms with Gasteiger partial charge in [-0.25, -0.2) is 0 Å². The molecule has 0 aromatic heterocycles. The highest BCUT2D eigenvalue weighted by Crippen LogP contribution is 2.29. The molecule has 134 valence electrons. The molecule has 2 bridgehead atoms. The number of fused-ring (bicyclic) bond motifs is 2. The standard InChI is InChI=1S/C17H22Cl2N2O2.ClH/c18-12-3-6-16(15(19)10-12)23-9-1-2-17(22)21-13-4-5-14(21)11-20-8-7-13;/h3,6,10,13-14,20H,1-2,4-5,7-9,11H2;1H. The molecule has 0 saturated carbocycles. The first-order valence-corrected chi connectivity index (χ1v) is 9.00. The van der Waals surface area contributed by atoms with Crippen molar-refractivity contribution in [1.29, 1.82) is 0 Å². The van der Waals surface area contributed by atoms with Gasteiger partial charge in [-0.05, 0) is 50.4 Å². The van der Waals surface area contributed by atoms with Crippen LogP contribution in [-0.4, -0.2) is 42.6 Å². The Morgan fingerprint density at radius 2 is 2.04 bits per heavy atom. The summed E-state index contributed by atoms with van der Waals surface area (Å²) in [5.74, 6) is 0.870. The molecule has 0 radical (unpaired) electrons. The van der Waals surface area contributed by atoms with Crippen LogP contribution in [0.1, 0.15) is 32.1 Å². The highest BCUT2D eigenvalue weighted by molar-refractivity contribution is 6.35. The molecule has 24 heavy (non-hydrogen) atoms. The summed E-state index contributed by atoms with van der Waals surface area (Å²) in [5.41, 5.74) is 0.